The molecule has 0 saturated carbocycles. The molecule has 0 N–H and O–H groups in total. The first-order valence-corrected chi connectivity index (χ1v) is 11.0. The lowest BCUT2D eigenvalue weighted by Gasteiger charge is -2.37. The molecule has 0 spiro atoms. The number of halogens is 2. The van der Waals surface area contributed by atoms with Crippen LogP contribution in [0.15, 0.2) is 23.6 Å². The van der Waals surface area contributed by atoms with Gasteiger partial charge in [0.1, 0.15) is 29.0 Å². The molecule has 31 heavy (non-hydrogen) atoms. The Kier molecular flexibility index (Phi) is 5.91. The van der Waals surface area contributed by atoms with E-state index in [9.17, 15) is 14.4 Å². The van der Waals surface area contributed by atoms with Crippen LogP contribution in [-0.4, -0.2) is 63.9 Å². The molecular weight excluding hydrogens is 426 g/mol. The van der Waals surface area contributed by atoms with Crippen LogP contribution >= 0.6 is 11.8 Å². The fourth-order valence-electron chi connectivity index (χ4n) is 3.77. The zero-order valence-electron chi connectivity index (χ0n) is 16.8. The highest BCUT2D eigenvalue weighted by Gasteiger charge is 2.45. The van der Waals surface area contributed by atoms with E-state index in [0.717, 1.165) is 6.20 Å². The fraction of sp³-hybridized carbons (Fsp3) is 0.450. The second-order valence-corrected chi connectivity index (χ2v) is 8.14. The summed E-state index contributed by atoms with van der Waals surface area (Å²) in [6.07, 6.45) is 5.71. The van der Waals surface area contributed by atoms with Crippen molar-refractivity contribution in [2.75, 3.05) is 37.4 Å². The Labute approximate surface area is 182 Å². The number of hydrogen-bond donors (Lipinski definition) is 0. The molecule has 4 rings (SSSR count). The molecule has 0 unspecified atom stereocenters. The number of fused-ring (bicyclic) bond motifs is 1. The molecule has 0 radical (unpaired) electrons. The monoisotopic (exact) mass is 446 g/mol. The van der Waals surface area contributed by atoms with Crippen molar-refractivity contribution in [2.24, 2.45) is 0 Å². The Morgan fingerprint density at radius 2 is 2.06 bits per heavy atom. The van der Waals surface area contributed by atoms with Crippen molar-refractivity contribution in [3.8, 4) is 11.8 Å². The number of carbonyl (C=O) groups excluding carboxylic acids is 1. The van der Waals surface area contributed by atoms with E-state index in [4.69, 9.17) is 4.74 Å². The first kappa shape index (κ1) is 21.2. The van der Waals surface area contributed by atoms with Crippen LogP contribution < -0.4 is 9.64 Å². The van der Waals surface area contributed by atoms with Gasteiger partial charge < -0.3 is 14.5 Å². The lowest BCUT2D eigenvalue weighted by Crippen LogP contribution is -2.53. The summed E-state index contributed by atoms with van der Waals surface area (Å²) >= 11 is 1.17. The van der Waals surface area contributed by atoms with Crippen LogP contribution in [0.25, 0.3) is 0 Å². The van der Waals surface area contributed by atoms with Gasteiger partial charge in [-0.3, -0.25) is 9.78 Å². The molecule has 0 bridgehead atoms. The smallest absolute Gasteiger partial charge is 0.260 e. The molecule has 0 atom stereocenters. The average Bonchev–Trinajstić information content (AvgIpc) is 3.02. The van der Waals surface area contributed by atoms with Gasteiger partial charge in [-0.05, 0) is 6.26 Å². The standard InChI is InChI=1S/C20H20F2N6O2S/c1-31-17-15(21)11-25-19(26-17)27-4-2-20(22,3-5-27)18(29)28-6-7-30-16-13(8-23)9-24-10-14(16)12-28/h9-11H,2-7,12H2,1H3. The highest BCUT2D eigenvalue weighted by atomic mass is 32.2. The first-order chi connectivity index (χ1) is 14.9. The highest BCUT2D eigenvalue weighted by Crippen LogP contribution is 2.33. The summed E-state index contributed by atoms with van der Waals surface area (Å²) in [6.45, 7) is 0.988. The molecule has 4 heterocycles. The molecule has 2 aliphatic rings. The Hall–Kier alpha value is -3.00. The predicted molar refractivity (Wildman–Crippen MR) is 109 cm³/mol. The van der Waals surface area contributed by atoms with Gasteiger partial charge in [-0.1, -0.05) is 0 Å². The lowest BCUT2D eigenvalue weighted by molar-refractivity contribution is -0.146. The number of anilines is 1. The van der Waals surface area contributed by atoms with Crippen molar-refractivity contribution in [2.45, 2.75) is 30.1 Å². The summed E-state index contributed by atoms with van der Waals surface area (Å²) in [6, 6.07) is 2.02. The number of carbonyl (C=O) groups is 1. The summed E-state index contributed by atoms with van der Waals surface area (Å²) in [4.78, 5) is 28.5. The minimum atomic E-state index is -2.02. The normalized spacial score (nSPS) is 17.9. The van der Waals surface area contributed by atoms with Gasteiger partial charge >= 0.3 is 0 Å². The third kappa shape index (κ3) is 4.12. The molecule has 8 nitrogen and oxygen atoms in total. The molecular formula is C20H20F2N6O2S. The molecule has 0 aromatic carbocycles. The summed E-state index contributed by atoms with van der Waals surface area (Å²) in [5, 5.41) is 9.45. The van der Waals surface area contributed by atoms with Crippen LogP contribution in [0.4, 0.5) is 14.7 Å². The number of pyridine rings is 1. The fourth-order valence-corrected chi connectivity index (χ4v) is 4.19. The molecule has 11 heteroatoms. The lowest BCUT2D eigenvalue weighted by atomic mass is 9.91. The number of aromatic nitrogens is 3. The number of hydrogen-bond acceptors (Lipinski definition) is 8. The molecule has 2 aromatic rings. The maximum Gasteiger partial charge on any atom is 0.260 e. The summed E-state index contributed by atoms with van der Waals surface area (Å²) in [7, 11) is 0. The maximum atomic E-state index is 15.7. The third-order valence-corrected chi connectivity index (χ3v) is 6.13. The van der Waals surface area contributed by atoms with Gasteiger partial charge in [0.25, 0.3) is 5.91 Å². The Morgan fingerprint density at radius 3 is 2.77 bits per heavy atom. The molecule has 1 amide bonds. The van der Waals surface area contributed by atoms with Gasteiger partial charge in [-0.2, -0.15) is 5.26 Å². The van der Waals surface area contributed by atoms with E-state index in [0.29, 0.717) is 22.8 Å². The number of thioether (sulfide) groups is 1. The maximum absolute atomic E-state index is 15.7. The number of alkyl halides is 1. The minimum Gasteiger partial charge on any atom is -0.490 e. The largest absolute Gasteiger partial charge is 0.490 e. The van der Waals surface area contributed by atoms with Crippen LogP contribution in [0.2, 0.25) is 0 Å². The third-order valence-electron chi connectivity index (χ3n) is 5.46. The van der Waals surface area contributed by atoms with Gasteiger partial charge in [0, 0.05) is 43.9 Å². The van der Waals surface area contributed by atoms with Crippen molar-refractivity contribution in [1.29, 1.82) is 5.26 Å². The molecule has 2 aliphatic heterocycles. The molecule has 2 aromatic heterocycles. The van der Waals surface area contributed by atoms with Crippen LogP contribution in [0.5, 0.6) is 5.75 Å². The summed E-state index contributed by atoms with van der Waals surface area (Å²) < 4.78 is 35.0. The van der Waals surface area contributed by atoms with Gasteiger partial charge in [-0.25, -0.2) is 18.7 Å². The molecule has 162 valence electrons. The number of rotatable bonds is 3. The molecule has 1 fully saturated rings. The van der Waals surface area contributed by atoms with Crippen molar-refractivity contribution in [3.63, 3.8) is 0 Å². The van der Waals surface area contributed by atoms with Crippen molar-refractivity contribution in [3.05, 3.63) is 35.5 Å². The van der Waals surface area contributed by atoms with E-state index < -0.39 is 17.4 Å². The van der Waals surface area contributed by atoms with Crippen LogP contribution in [0.1, 0.15) is 24.0 Å². The number of nitrogens with zero attached hydrogens (tertiary/aromatic N) is 6. The summed E-state index contributed by atoms with van der Waals surface area (Å²) in [5.41, 5.74) is -1.15. The number of piperidine rings is 1. The minimum absolute atomic E-state index is 0.0259. The van der Waals surface area contributed by atoms with E-state index in [1.807, 2.05) is 6.07 Å². The zero-order valence-corrected chi connectivity index (χ0v) is 17.7. The van der Waals surface area contributed by atoms with E-state index >= 15 is 4.39 Å². The number of ether oxygens (including phenoxy) is 1. The highest BCUT2D eigenvalue weighted by molar-refractivity contribution is 7.98. The van der Waals surface area contributed by atoms with E-state index in [1.54, 1.807) is 11.2 Å². The number of nitriles is 1. The van der Waals surface area contributed by atoms with Gasteiger partial charge in [0.2, 0.25) is 5.95 Å². The second kappa shape index (κ2) is 8.63. The first-order valence-electron chi connectivity index (χ1n) is 9.75. The van der Waals surface area contributed by atoms with Crippen molar-refractivity contribution in [1.82, 2.24) is 19.9 Å². The zero-order chi connectivity index (χ0) is 22.0. The predicted octanol–water partition coefficient (Wildman–Crippen LogP) is 2.33. The van der Waals surface area contributed by atoms with Gasteiger partial charge in [0.15, 0.2) is 11.5 Å². The van der Waals surface area contributed by atoms with Crippen LogP contribution in [0.3, 0.4) is 0 Å². The van der Waals surface area contributed by atoms with Crippen LogP contribution in [-0.2, 0) is 11.3 Å². The van der Waals surface area contributed by atoms with Crippen molar-refractivity contribution < 1.29 is 18.3 Å². The summed E-state index contributed by atoms with van der Waals surface area (Å²) in [5.74, 6) is -0.377. The Balaban J connectivity index is 1.46. The topological polar surface area (TPSA) is 95.2 Å². The SMILES string of the molecule is CSc1nc(N2CCC(F)(C(=O)N3CCOc4c(C#N)cncc4C3)CC2)ncc1F. The van der Waals surface area contributed by atoms with Crippen molar-refractivity contribution >= 4 is 23.6 Å². The Morgan fingerprint density at radius 1 is 1.29 bits per heavy atom. The van der Waals surface area contributed by atoms with E-state index in [1.165, 1.54) is 29.1 Å². The molecule has 1 saturated heterocycles. The molecule has 0 aliphatic carbocycles. The van der Waals surface area contributed by atoms with E-state index in [-0.39, 0.29) is 50.7 Å². The Bertz CT molecular complexity index is 1040. The quantitative estimate of drug-likeness (QED) is 0.524. The average molecular weight is 446 g/mol. The van der Waals surface area contributed by atoms with Crippen LogP contribution in [0, 0.1) is 17.1 Å². The second-order valence-electron chi connectivity index (χ2n) is 7.34. The van der Waals surface area contributed by atoms with Gasteiger partial charge in [-0.15, -0.1) is 11.8 Å². The van der Waals surface area contributed by atoms with E-state index in [2.05, 4.69) is 15.0 Å². The van der Waals surface area contributed by atoms with Gasteiger partial charge in [0.05, 0.1) is 19.3 Å². The number of amides is 1.